The Balaban J connectivity index is 2.03. The molecule has 1 N–H and O–H groups in total. The summed E-state index contributed by atoms with van der Waals surface area (Å²) >= 11 is 0.264. The first-order valence-electron chi connectivity index (χ1n) is 6.24. The summed E-state index contributed by atoms with van der Waals surface area (Å²) in [5, 5.41) is 10.4. The SMILES string of the molecule is COc1ccc([C@@H](O)[C@@H](C)[Se]c2ccccc2)cc1. The van der Waals surface area contributed by atoms with Gasteiger partial charge >= 0.3 is 120 Å². The molecule has 2 atom stereocenters. The van der Waals surface area contributed by atoms with Gasteiger partial charge in [-0.3, -0.25) is 0 Å². The Bertz CT molecular complexity index is 496. The van der Waals surface area contributed by atoms with E-state index in [0.717, 1.165) is 11.3 Å². The Hall–Kier alpha value is -1.28. The average Bonchev–Trinajstić information content (AvgIpc) is 2.47. The molecule has 0 fully saturated rings. The predicted molar refractivity (Wildman–Crippen MR) is 79.2 cm³/mol. The van der Waals surface area contributed by atoms with Crippen LogP contribution in [0.5, 0.6) is 5.75 Å². The molecule has 0 aliphatic carbocycles. The van der Waals surface area contributed by atoms with Crippen molar-refractivity contribution in [3.63, 3.8) is 0 Å². The van der Waals surface area contributed by atoms with Crippen molar-refractivity contribution in [2.75, 3.05) is 7.11 Å². The zero-order valence-electron chi connectivity index (χ0n) is 11.1. The van der Waals surface area contributed by atoms with Gasteiger partial charge in [0.15, 0.2) is 0 Å². The fourth-order valence-corrected chi connectivity index (χ4v) is 4.01. The first kappa shape index (κ1) is 14.1. The van der Waals surface area contributed by atoms with Crippen LogP contribution in [-0.2, 0) is 0 Å². The molecule has 0 radical (unpaired) electrons. The molecule has 0 spiro atoms. The normalized spacial score (nSPS) is 13.8. The molecule has 0 amide bonds. The van der Waals surface area contributed by atoms with Crippen LogP contribution in [0, 0.1) is 0 Å². The van der Waals surface area contributed by atoms with Crippen LogP contribution in [0.4, 0.5) is 0 Å². The summed E-state index contributed by atoms with van der Waals surface area (Å²) in [5.74, 6) is 0.817. The van der Waals surface area contributed by atoms with Crippen LogP contribution in [0.25, 0.3) is 0 Å². The molecular formula is C16H18O2Se. The molecule has 2 nitrogen and oxygen atoms in total. The van der Waals surface area contributed by atoms with Gasteiger partial charge in [0.1, 0.15) is 0 Å². The number of methoxy groups -OCH3 is 1. The standard InChI is InChI=1S/C16H18O2Se/c1-12(19-15-6-4-3-5-7-15)16(17)13-8-10-14(18-2)11-9-13/h3-12,16-17H,1-2H3/t12-,16+/m1/s1. The van der Waals surface area contributed by atoms with E-state index in [1.165, 1.54) is 4.46 Å². The van der Waals surface area contributed by atoms with Crippen LogP contribution in [0.15, 0.2) is 54.6 Å². The van der Waals surface area contributed by atoms with E-state index in [1.807, 2.05) is 42.5 Å². The maximum atomic E-state index is 10.4. The number of hydrogen-bond acceptors (Lipinski definition) is 2. The minimum absolute atomic E-state index is 0.239. The molecule has 2 rings (SSSR count). The molecule has 0 aromatic heterocycles. The molecule has 0 aliphatic rings. The van der Waals surface area contributed by atoms with Crippen LogP contribution in [0.3, 0.4) is 0 Å². The number of ether oxygens (including phenoxy) is 1. The van der Waals surface area contributed by atoms with Gasteiger partial charge in [-0.15, -0.1) is 0 Å². The van der Waals surface area contributed by atoms with E-state index in [0.29, 0.717) is 0 Å². The third-order valence-electron chi connectivity index (χ3n) is 2.97. The second kappa shape index (κ2) is 6.76. The molecule has 2 aromatic carbocycles. The Morgan fingerprint density at radius 3 is 2.21 bits per heavy atom. The third kappa shape index (κ3) is 3.84. The maximum absolute atomic E-state index is 10.4. The summed E-state index contributed by atoms with van der Waals surface area (Å²) in [7, 11) is 1.65. The number of rotatable bonds is 5. The Morgan fingerprint density at radius 2 is 1.63 bits per heavy atom. The summed E-state index contributed by atoms with van der Waals surface area (Å²) in [6.07, 6.45) is -0.425. The van der Waals surface area contributed by atoms with Gasteiger partial charge in [0.2, 0.25) is 0 Å². The van der Waals surface area contributed by atoms with Gasteiger partial charge < -0.3 is 0 Å². The molecule has 19 heavy (non-hydrogen) atoms. The van der Waals surface area contributed by atoms with Gasteiger partial charge in [-0.05, 0) is 0 Å². The quantitative estimate of drug-likeness (QED) is 0.858. The van der Waals surface area contributed by atoms with Gasteiger partial charge in [0.25, 0.3) is 0 Å². The Kier molecular flexibility index (Phi) is 5.03. The topological polar surface area (TPSA) is 29.5 Å². The van der Waals surface area contributed by atoms with E-state index >= 15 is 0 Å². The molecule has 0 unspecified atom stereocenters. The fourth-order valence-electron chi connectivity index (χ4n) is 1.85. The molecule has 0 saturated heterocycles. The molecular weight excluding hydrogens is 303 g/mol. The van der Waals surface area contributed by atoms with E-state index in [9.17, 15) is 5.11 Å². The van der Waals surface area contributed by atoms with Crippen LogP contribution < -0.4 is 9.20 Å². The van der Waals surface area contributed by atoms with Crippen LogP contribution in [0.2, 0.25) is 4.82 Å². The van der Waals surface area contributed by atoms with E-state index in [4.69, 9.17) is 4.74 Å². The second-order valence-corrected chi connectivity index (χ2v) is 7.40. The van der Waals surface area contributed by atoms with Crippen LogP contribution >= 0.6 is 0 Å². The van der Waals surface area contributed by atoms with Gasteiger partial charge in [0, 0.05) is 0 Å². The minimum atomic E-state index is -0.425. The molecule has 0 bridgehead atoms. The van der Waals surface area contributed by atoms with Gasteiger partial charge in [0.05, 0.1) is 0 Å². The van der Waals surface area contributed by atoms with Crippen LogP contribution in [0.1, 0.15) is 18.6 Å². The molecule has 0 saturated carbocycles. The fraction of sp³-hybridized carbons (Fsp3) is 0.250. The second-order valence-electron chi connectivity index (χ2n) is 4.35. The third-order valence-corrected chi connectivity index (χ3v) is 5.43. The summed E-state index contributed by atoms with van der Waals surface area (Å²) in [6, 6.07) is 18.0. The van der Waals surface area contributed by atoms with Crippen LogP contribution in [-0.4, -0.2) is 27.2 Å². The summed E-state index contributed by atoms with van der Waals surface area (Å²) in [6.45, 7) is 2.10. The number of aliphatic hydroxyl groups is 1. The monoisotopic (exact) mass is 322 g/mol. The molecule has 0 heterocycles. The molecule has 100 valence electrons. The Labute approximate surface area is 120 Å². The van der Waals surface area contributed by atoms with Gasteiger partial charge in [-0.2, -0.15) is 0 Å². The molecule has 0 aliphatic heterocycles. The number of aliphatic hydroxyl groups excluding tert-OH is 1. The average molecular weight is 321 g/mol. The van der Waals surface area contributed by atoms with Crippen molar-refractivity contribution < 1.29 is 9.84 Å². The van der Waals surface area contributed by atoms with Crippen molar-refractivity contribution in [1.29, 1.82) is 0 Å². The zero-order valence-corrected chi connectivity index (χ0v) is 12.8. The molecule has 2 aromatic rings. The molecule has 3 heteroatoms. The predicted octanol–water partition coefficient (Wildman–Crippen LogP) is 2.57. The number of benzene rings is 2. The summed E-state index contributed by atoms with van der Waals surface area (Å²) in [5.41, 5.74) is 0.950. The summed E-state index contributed by atoms with van der Waals surface area (Å²) in [4.78, 5) is 0.239. The van der Waals surface area contributed by atoms with Crippen molar-refractivity contribution >= 4 is 19.4 Å². The van der Waals surface area contributed by atoms with Gasteiger partial charge in [-0.1, -0.05) is 0 Å². The first-order chi connectivity index (χ1) is 9.20. The number of hydrogen-bond donors (Lipinski definition) is 1. The van der Waals surface area contributed by atoms with Gasteiger partial charge in [-0.25, -0.2) is 0 Å². The van der Waals surface area contributed by atoms with Crippen molar-refractivity contribution in [3.05, 3.63) is 60.2 Å². The van der Waals surface area contributed by atoms with E-state index in [-0.39, 0.29) is 19.8 Å². The Morgan fingerprint density at radius 1 is 1.00 bits per heavy atom. The van der Waals surface area contributed by atoms with Crippen molar-refractivity contribution in [2.24, 2.45) is 0 Å². The van der Waals surface area contributed by atoms with Crippen molar-refractivity contribution in [1.82, 2.24) is 0 Å². The van der Waals surface area contributed by atoms with Crippen molar-refractivity contribution in [2.45, 2.75) is 17.8 Å². The first-order valence-corrected chi connectivity index (χ1v) is 8.09. The summed E-state index contributed by atoms with van der Waals surface area (Å²) < 4.78 is 6.44. The van der Waals surface area contributed by atoms with E-state index < -0.39 is 6.10 Å². The van der Waals surface area contributed by atoms with Crippen molar-refractivity contribution in [3.8, 4) is 5.75 Å². The van der Waals surface area contributed by atoms with E-state index in [2.05, 4.69) is 19.1 Å². The van der Waals surface area contributed by atoms with E-state index in [1.54, 1.807) is 7.11 Å². The zero-order chi connectivity index (χ0) is 13.7.